The maximum absolute atomic E-state index is 4.49. The van der Waals surface area contributed by atoms with E-state index in [4.69, 9.17) is 0 Å². The third-order valence-corrected chi connectivity index (χ3v) is 3.95. The van der Waals surface area contributed by atoms with Crippen LogP contribution in [0.4, 0.5) is 11.5 Å². The fraction of sp³-hybridized carbons (Fsp3) is 0.111. The van der Waals surface area contributed by atoms with Gasteiger partial charge in [0.05, 0.1) is 6.21 Å². The van der Waals surface area contributed by atoms with Gasteiger partial charge in [0.1, 0.15) is 6.33 Å². The SMILES string of the molecule is CN(C)c1ccc(/C=N\Nc2nn3cnnc3c3ccccc23)cc1. The molecule has 0 spiro atoms. The van der Waals surface area contributed by atoms with Gasteiger partial charge in [-0.25, -0.2) is 0 Å². The van der Waals surface area contributed by atoms with Crippen molar-refractivity contribution in [2.75, 3.05) is 24.4 Å². The lowest BCUT2D eigenvalue weighted by atomic mass is 10.2. The molecule has 124 valence electrons. The molecule has 4 aromatic rings. The highest BCUT2D eigenvalue weighted by molar-refractivity contribution is 5.99. The Balaban J connectivity index is 1.63. The lowest BCUT2D eigenvalue weighted by Crippen LogP contribution is -2.08. The normalized spacial score (nSPS) is 11.4. The Morgan fingerprint density at radius 2 is 1.80 bits per heavy atom. The van der Waals surface area contributed by atoms with Crippen LogP contribution in [0.5, 0.6) is 0 Å². The molecular weight excluding hydrogens is 314 g/mol. The summed E-state index contributed by atoms with van der Waals surface area (Å²) in [5, 5.41) is 18.8. The fourth-order valence-electron chi connectivity index (χ4n) is 2.64. The van der Waals surface area contributed by atoms with Crippen molar-refractivity contribution in [1.29, 1.82) is 0 Å². The van der Waals surface area contributed by atoms with Crippen molar-refractivity contribution in [1.82, 2.24) is 19.8 Å². The highest BCUT2D eigenvalue weighted by Gasteiger charge is 2.08. The summed E-state index contributed by atoms with van der Waals surface area (Å²) in [6.07, 6.45) is 3.35. The number of aromatic nitrogens is 4. The molecule has 0 saturated heterocycles. The second-order valence-electron chi connectivity index (χ2n) is 5.85. The van der Waals surface area contributed by atoms with Crippen LogP contribution in [0.3, 0.4) is 0 Å². The molecule has 0 amide bonds. The minimum atomic E-state index is 0.657. The van der Waals surface area contributed by atoms with Gasteiger partial charge in [-0.3, -0.25) is 5.43 Å². The van der Waals surface area contributed by atoms with E-state index in [9.17, 15) is 0 Å². The Labute approximate surface area is 144 Å². The summed E-state index contributed by atoms with van der Waals surface area (Å²) < 4.78 is 1.64. The van der Waals surface area contributed by atoms with E-state index in [-0.39, 0.29) is 0 Å². The molecule has 0 bridgehead atoms. The molecule has 2 aromatic carbocycles. The number of hydrogen-bond donors (Lipinski definition) is 1. The average Bonchev–Trinajstić information content (AvgIpc) is 3.11. The first-order valence-electron chi connectivity index (χ1n) is 7.87. The second kappa shape index (κ2) is 6.20. The monoisotopic (exact) mass is 331 g/mol. The summed E-state index contributed by atoms with van der Waals surface area (Å²) in [7, 11) is 4.03. The summed E-state index contributed by atoms with van der Waals surface area (Å²) in [5.74, 6) is 0.657. The summed E-state index contributed by atoms with van der Waals surface area (Å²) in [6, 6.07) is 16.1. The average molecular weight is 331 g/mol. The van der Waals surface area contributed by atoms with Gasteiger partial charge in [-0.2, -0.15) is 9.62 Å². The summed E-state index contributed by atoms with van der Waals surface area (Å²) in [4.78, 5) is 2.06. The minimum absolute atomic E-state index is 0.657. The molecule has 0 saturated carbocycles. The first kappa shape index (κ1) is 15.1. The number of nitrogens with one attached hydrogen (secondary N) is 1. The zero-order valence-corrected chi connectivity index (χ0v) is 14.0. The van der Waals surface area contributed by atoms with Gasteiger partial charge in [-0.05, 0) is 17.7 Å². The molecule has 0 aliphatic heterocycles. The third kappa shape index (κ3) is 2.87. The van der Waals surface area contributed by atoms with Crippen LogP contribution in [0.1, 0.15) is 5.56 Å². The summed E-state index contributed by atoms with van der Waals surface area (Å²) in [5.41, 5.74) is 5.91. The van der Waals surface area contributed by atoms with Crippen LogP contribution in [0.2, 0.25) is 0 Å². The maximum atomic E-state index is 4.49. The molecule has 0 aliphatic carbocycles. The van der Waals surface area contributed by atoms with Crippen LogP contribution in [-0.4, -0.2) is 40.1 Å². The Morgan fingerprint density at radius 3 is 2.56 bits per heavy atom. The number of fused-ring (bicyclic) bond motifs is 3. The Kier molecular flexibility index (Phi) is 3.74. The van der Waals surface area contributed by atoms with Gasteiger partial charge in [0.2, 0.25) is 0 Å². The van der Waals surface area contributed by atoms with Crippen LogP contribution in [0.15, 0.2) is 60.0 Å². The molecule has 2 heterocycles. The van der Waals surface area contributed by atoms with Crippen LogP contribution in [-0.2, 0) is 0 Å². The minimum Gasteiger partial charge on any atom is -0.378 e. The number of hydrogen-bond acceptors (Lipinski definition) is 6. The molecule has 0 atom stereocenters. The van der Waals surface area contributed by atoms with E-state index in [0.29, 0.717) is 5.82 Å². The van der Waals surface area contributed by atoms with E-state index in [2.05, 4.69) is 42.9 Å². The van der Waals surface area contributed by atoms with E-state index < -0.39 is 0 Å². The molecule has 0 unspecified atom stereocenters. The second-order valence-corrected chi connectivity index (χ2v) is 5.85. The predicted molar refractivity (Wildman–Crippen MR) is 100 cm³/mol. The fourth-order valence-corrected chi connectivity index (χ4v) is 2.64. The van der Waals surface area contributed by atoms with Crippen LogP contribution in [0.25, 0.3) is 16.4 Å². The predicted octanol–water partition coefficient (Wildman–Crippen LogP) is 2.79. The van der Waals surface area contributed by atoms with Crippen molar-refractivity contribution in [2.24, 2.45) is 5.10 Å². The number of benzene rings is 2. The smallest absolute Gasteiger partial charge is 0.185 e. The number of hydrazone groups is 1. The van der Waals surface area contributed by atoms with E-state index in [1.165, 1.54) is 0 Å². The maximum Gasteiger partial charge on any atom is 0.185 e. The Bertz CT molecular complexity index is 1050. The largest absolute Gasteiger partial charge is 0.378 e. The van der Waals surface area contributed by atoms with E-state index in [1.54, 1.807) is 17.1 Å². The van der Waals surface area contributed by atoms with Gasteiger partial charge >= 0.3 is 0 Å². The molecule has 0 aliphatic rings. The molecule has 25 heavy (non-hydrogen) atoms. The zero-order chi connectivity index (χ0) is 17.2. The lowest BCUT2D eigenvalue weighted by molar-refractivity contribution is 0.934. The third-order valence-electron chi connectivity index (χ3n) is 3.95. The van der Waals surface area contributed by atoms with Gasteiger partial charge in [0, 0.05) is 30.6 Å². The van der Waals surface area contributed by atoms with E-state index in [0.717, 1.165) is 27.7 Å². The summed E-state index contributed by atoms with van der Waals surface area (Å²) in [6.45, 7) is 0. The molecule has 0 fully saturated rings. The number of nitrogens with zero attached hydrogens (tertiary/aromatic N) is 6. The lowest BCUT2D eigenvalue weighted by Gasteiger charge is -2.11. The first-order chi connectivity index (χ1) is 12.2. The Hall–Kier alpha value is -3.48. The van der Waals surface area contributed by atoms with Crippen molar-refractivity contribution in [3.63, 3.8) is 0 Å². The van der Waals surface area contributed by atoms with Gasteiger partial charge in [0.25, 0.3) is 0 Å². The van der Waals surface area contributed by atoms with Crippen molar-refractivity contribution in [2.45, 2.75) is 0 Å². The van der Waals surface area contributed by atoms with Crippen molar-refractivity contribution in [3.05, 3.63) is 60.4 Å². The molecule has 4 rings (SSSR count). The van der Waals surface area contributed by atoms with Crippen LogP contribution in [0, 0.1) is 0 Å². The zero-order valence-electron chi connectivity index (χ0n) is 14.0. The molecular formula is C18H17N7. The highest BCUT2D eigenvalue weighted by atomic mass is 15.4. The van der Waals surface area contributed by atoms with Crippen LogP contribution < -0.4 is 10.3 Å². The van der Waals surface area contributed by atoms with E-state index in [1.807, 2.05) is 50.5 Å². The summed E-state index contributed by atoms with van der Waals surface area (Å²) >= 11 is 0. The standard InChI is InChI=1S/C18H17N7/c1-24(2)14-9-7-13(8-10-14)11-19-21-17-15-5-3-4-6-16(15)18-22-20-12-25(18)23-17/h3-12H,1-2H3,(H,21,23)/b19-11-. The van der Waals surface area contributed by atoms with Gasteiger partial charge in [0.15, 0.2) is 11.5 Å². The molecule has 7 heteroatoms. The Morgan fingerprint density at radius 1 is 1.04 bits per heavy atom. The van der Waals surface area contributed by atoms with Crippen LogP contribution >= 0.6 is 0 Å². The number of anilines is 2. The van der Waals surface area contributed by atoms with Gasteiger partial charge in [-0.15, -0.1) is 15.3 Å². The molecule has 7 nitrogen and oxygen atoms in total. The quantitative estimate of drug-likeness (QED) is 0.460. The molecule has 2 aromatic heterocycles. The van der Waals surface area contributed by atoms with Crippen molar-refractivity contribution in [3.8, 4) is 0 Å². The highest BCUT2D eigenvalue weighted by Crippen LogP contribution is 2.23. The van der Waals surface area contributed by atoms with E-state index >= 15 is 0 Å². The van der Waals surface area contributed by atoms with Gasteiger partial charge < -0.3 is 4.90 Å². The molecule has 0 radical (unpaired) electrons. The topological polar surface area (TPSA) is 70.7 Å². The first-order valence-corrected chi connectivity index (χ1v) is 7.87. The van der Waals surface area contributed by atoms with Gasteiger partial charge in [-0.1, -0.05) is 36.4 Å². The number of rotatable bonds is 4. The van der Waals surface area contributed by atoms with Crippen molar-refractivity contribution < 1.29 is 0 Å². The van der Waals surface area contributed by atoms with Crippen molar-refractivity contribution >= 4 is 34.1 Å². The molecule has 1 N–H and O–H groups in total.